The highest BCUT2D eigenvalue weighted by Crippen LogP contribution is 2.17. The molecule has 0 saturated carbocycles. The lowest BCUT2D eigenvalue weighted by atomic mass is 10.1. The number of carbonyl (C=O) groups excluding carboxylic acids is 1. The normalized spacial score (nSPS) is 19.1. The first-order chi connectivity index (χ1) is 11.0. The average molecular weight is 316 g/mol. The molecule has 1 saturated heterocycles. The van der Waals surface area contributed by atoms with E-state index in [1.165, 1.54) is 6.07 Å². The van der Waals surface area contributed by atoms with Gasteiger partial charge in [0.15, 0.2) is 5.82 Å². The molecule has 1 fully saturated rings. The molecule has 2 aromatic rings. The van der Waals surface area contributed by atoms with Crippen molar-refractivity contribution in [2.45, 2.75) is 19.9 Å². The Morgan fingerprint density at radius 2 is 2.13 bits per heavy atom. The van der Waals surface area contributed by atoms with Crippen LogP contribution in [0.4, 0.5) is 0 Å². The van der Waals surface area contributed by atoms with Gasteiger partial charge in [0.1, 0.15) is 0 Å². The molecule has 2 aromatic heterocycles. The van der Waals surface area contributed by atoms with Gasteiger partial charge in [-0.15, -0.1) is 0 Å². The molecule has 0 radical (unpaired) electrons. The molecule has 3 heterocycles. The molecule has 8 heteroatoms. The standard InChI is InChI=1S/C15H20N6O2/c1-10-9-19(3)6-7-20(10)15(23)12-8-16-21(11(12)2)13-4-5-14(22)18-17-13/h4-5,8,10H,6-7,9H2,1-3H3,(H,18,22)/t10-/m0/s1. The summed E-state index contributed by atoms with van der Waals surface area (Å²) in [6.07, 6.45) is 1.56. The van der Waals surface area contributed by atoms with Crippen molar-refractivity contribution in [1.82, 2.24) is 29.8 Å². The van der Waals surface area contributed by atoms with Crippen molar-refractivity contribution in [2.24, 2.45) is 0 Å². The third-order valence-corrected chi connectivity index (χ3v) is 4.21. The molecule has 0 aliphatic carbocycles. The van der Waals surface area contributed by atoms with E-state index in [2.05, 4.69) is 34.2 Å². The summed E-state index contributed by atoms with van der Waals surface area (Å²) >= 11 is 0. The second kappa shape index (κ2) is 5.96. The molecule has 0 aromatic carbocycles. The minimum absolute atomic E-state index is 0.0150. The third-order valence-electron chi connectivity index (χ3n) is 4.21. The Hall–Kier alpha value is -2.48. The maximum atomic E-state index is 12.8. The summed E-state index contributed by atoms with van der Waals surface area (Å²) in [6.45, 7) is 6.31. The molecule has 1 aliphatic heterocycles. The molecule has 23 heavy (non-hydrogen) atoms. The van der Waals surface area contributed by atoms with Crippen LogP contribution in [0.25, 0.3) is 5.82 Å². The summed E-state index contributed by atoms with van der Waals surface area (Å²) in [5.74, 6) is 0.464. The maximum Gasteiger partial charge on any atom is 0.264 e. The van der Waals surface area contributed by atoms with Crippen molar-refractivity contribution in [3.63, 3.8) is 0 Å². The largest absolute Gasteiger partial charge is 0.333 e. The molecular formula is C15H20N6O2. The molecule has 1 N–H and O–H groups in total. The number of amides is 1. The highest BCUT2D eigenvalue weighted by molar-refractivity contribution is 5.95. The molecule has 1 amide bonds. The minimum atomic E-state index is -0.277. The van der Waals surface area contributed by atoms with Gasteiger partial charge in [-0.3, -0.25) is 9.59 Å². The van der Waals surface area contributed by atoms with Gasteiger partial charge >= 0.3 is 0 Å². The number of H-pyrrole nitrogens is 1. The van der Waals surface area contributed by atoms with E-state index < -0.39 is 0 Å². The van der Waals surface area contributed by atoms with E-state index in [1.807, 2.05) is 11.8 Å². The van der Waals surface area contributed by atoms with E-state index in [0.717, 1.165) is 13.1 Å². The lowest BCUT2D eigenvalue weighted by Crippen LogP contribution is -2.52. The van der Waals surface area contributed by atoms with Crippen molar-refractivity contribution in [2.75, 3.05) is 26.7 Å². The van der Waals surface area contributed by atoms with E-state index in [-0.39, 0.29) is 17.5 Å². The Labute approximate surface area is 133 Å². The van der Waals surface area contributed by atoms with Crippen LogP contribution in [-0.4, -0.2) is 68.4 Å². The van der Waals surface area contributed by atoms with E-state index in [4.69, 9.17) is 0 Å². The summed E-state index contributed by atoms with van der Waals surface area (Å²) in [5.41, 5.74) is 0.996. The Morgan fingerprint density at radius 3 is 2.78 bits per heavy atom. The Kier molecular flexibility index (Phi) is 3.99. The first kappa shape index (κ1) is 15.4. The zero-order valence-electron chi connectivity index (χ0n) is 13.5. The SMILES string of the molecule is Cc1c(C(=O)N2CCN(C)C[C@@H]2C)cnn1-c1ccc(=O)[nH]n1. The second-order valence-electron chi connectivity index (χ2n) is 5.94. The van der Waals surface area contributed by atoms with Crippen LogP contribution in [0.1, 0.15) is 23.0 Å². The van der Waals surface area contributed by atoms with E-state index >= 15 is 0 Å². The number of nitrogens with one attached hydrogen (secondary N) is 1. The molecule has 122 valence electrons. The Morgan fingerprint density at radius 1 is 1.35 bits per heavy atom. The lowest BCUT2D eigenvalue weighted by molar-refractivity contribution is 0.0533. The van der Waals surface area contributed by atoms with Crippen molar-refractivity contribution in [1.29, 1.82) is 0 Å². The molecule has 8 nitrogen and oxygen atoms in total. The molecule has 3 rings (SSSR count). The number of hydrogen-bond acceptors (Lipinski definition) is 5. The number of likely N-dealkylation sites (N-methyl/N-ethyl adjacent to an activating group) is 1. The number of hydrogen-bond donors (Lipinski definition) is 1. The third kappa shape index (κ3) is 2.89. The summed E-state index contributed by atoms with van der Waals surface area (Å²) in [5, 5.41) is 10.6. The molecule has 0 unspecified atom stereocenters. The van der Waals surface area contributed by atoms with Crippen LogP contribution in [0.2, 0.25) is 0 Å². The number of rotatable bonds is 2. The zero-order valence-corrected chi connectivity index (χ0v) is 13.5. The van der Waals surface area contributed by atoms with Gasteiger partial charge in [-0.1, -0.05) is 0 Å². The fourth-order valence-corrected chi connectivity index (χ4v) is 2.90. The Bertz CT molecular complexity index is 760. The monoisotopic (exact) mass is 316 g/mol. The summed E-state index contributed by atoms with van der Waals surface area (Å²) in [6, 6.07) is 3.12. The van der Waals surface area contributed by atoms with Gasteiger partial charge in [-0.25, -0.2) is 9.78 Å². The maximum absolute atomic E-state index is 12.8. The number of piperazine rings is 1. The van der Waals surface area contributed by atoms with Crippen LogP contribution in [0.15, 0.2) is 23.1 Å². The first-order valence-corrected chi connectivity index (χ1v) is 7.57. The van der Waals surface area contributed by atoms with Crippen LogP contribution in [0.5, 0.6) is 0 Å². The minimum Gasteiger partial charge on any atom is -0.333 e. The molecule has 1 aliphatic rings. The predicted molar refractivity (Wildman–Crippen MR) is 84.7 cm³/mol. The highest BCUT2D eigenvalue weighted by atomic mass is 16.2. The van der Waals surface area contributed by atoms with Gasteiger partial charge in [0.25, 0.3) is 11.5 Å². The lowest BCUT2D eigenvalue weighted by Gasteiger charge is -2.38. The van der Waals surface area contributed by atoms with Crippen molar-refractivity contribution in [3.05, 3.63) is 39.9 Å². The second-order valence-corrected chi connectivity index (χ2v) is 5.94. The highest BCUT2D eigenvalue weighted by Gasteiger charge is 2.28. The summed E-state index contributed by atoms with van der Waals surface area (Å²) < 4.78 is 1.56. The van der Waals surface area contributed by atoms with Crippen LogP contribution >= 0.6 is 0 Å². The average Bonchev–Trinajstić information content (AvgIpc) is 2.89. The number of nitrogens with zero attached hydrogens (tertiary/aromatic N) is 5. The van der Waals surface area contributed by atoms with Crippen LogP contribution in [-0.2, 0) is 0 Å². The fraction of sp³-hybridized carbons (Fsp3) is 0.467. The molecular weight excluding hydrogens is 296 g/mol. The van der Waals surface area contributed by atoms with Crippen molar-refractivity contribution < 1.29 is 4.79 Å². The van der Waals surface area contributed by atoms with Gasteiger partial charge in [0.2, 0.25) is 0 Å². The van der Waals surface area contributed by atoms with Crippen molar-refractivity contribution >= 4 is 5.91 Å². The van der Waals surface area contributed by atoms with Crippen LogP contribution in [0, 0.1) is 6.92 Å². The smallest absolute Gasteiger partial charge is 0.264 e. The van der Waals surface area contributed by atoms with Gasteiger partial charge < -0.3 is 9.80 Å². The number of aromatic amines is 1. The summed E-state index contributed by atoms with van der Waals surface area (Å²) in [4.78, 5) is 28.0. The molecule has 1 atom stereocenters. The summed E-state index contributed by atoms with van der Waals surface area (Å²) in [7, 11) is 2.06. The predicted octanol–water partition coefficient (Wildman–Crippen LogP) is 0.0401. The first-order valence-electron chi connectivity index (χ1n) is 7.57. The molecule has 0 spiro atoms. The number of carbonyl (C=O) groups is 1. The van der Waals surface area contributed by atoms with Crippen LogP contribution < -0.4 is 5.56 Å². The van der Waals surface area contributed by atoms with E-state index in [1.54, 1.807) is 16.9 Å². The topological polar surface area (TPSA) is 87.1 Å². The van der Waals surface area contributed by atoms with Crippen molar-refractivity contribution in [3.8, 4) is 5.82 Å². The van der Waals surface area contributed by atoms with Gasteiger partial charge in [-0.05, 0) is 27.0 Å². The number of aromatic nitrogens is 4. The van der Waals surface area contributed by atoms with Gasteiger partial charge in [-0.2, -0.15) is 10.2 Å². The van der Waals surface area contributed by atoms with Crippen LogP contribution in [0.3, 0.4) is 0 Å². The molecule has 0 bridgehead atoms. The quantitative estimate of drug-likeness (QED) is 0.845. The fourth-order valence-electron chi connectivity index (χ4n) is 2.90. The Balaban J connectivity index is 1.88. The van der Waals surface area contributed by atoms with E-state index in [0.29, 0.717) is 23.6 Å². The van der Waals surface area contributed by atoms with Gasteiger partial charge in [0.05, 0.1) is 17.5 Å². The zero-order chi connectivity index (χ0) is 16.6. The van der Waals surface area contributed by atoms with E-state index in [9.17, 15) is 9.59 Å². The van der Waals surface area contributed by atoms with Gasteiger partial charge in [0, 0.05) is 31.7 Å².